The van der Waals surface area contributed by atoms with Gasteiger partial charge < -0.3 is 10.4 Å². The van der Waals surface area contributed by atoms with Crippen molar-refractivity contribution >= 4 is 11.9 Å². The van der Waals surface area contributed by atoms with Crippen LogP contribution in [0.3, 0.4) is 0 Å². The number of hydrogen-bond acceptors (Lipinski definition) is 2. The van der Waals surface area contributed by atoms with E-state index in [2.05, 4.69) is 5.32 Å². The molecule has 0 bridgehead atoms. The fourth-order valence-electron chi connectivity index (χ4n) is 3.24. The minimum atomic E-state index is -1.11. The van der Waals surface area contributed by atoms with Crippen molar-refractivity contribution < 1.29 is 23.5 Å². The third-order valence-corrected chi connectivity index (χ3v) is 4.63. The van der Waals surface area contributed by atoms with Gasteiger partial charge in [-0.3, -0.25) is 4.79 Å². The zero-order chi connectivity index (χ0) is 18.0. The standard InChI is InChI=1S/C19H17F2NO3/c20-13-6-7-15(16(21)11-13)19(8-3-9-19)22-17(23)10-12-4-1-2-5-14(12)18(24)25/h1-2,4-7,11H,3,8-10H2,(H,22,23)(H,24,25). The van der Waals surface area contributed by atoms with Gasteiger partial charge in [0.2, 0.25) is 5.91 Å². The lowest BCUT2D eigenvalue weighted by molar-refractivity contribution is -0.123. The number of aromatic carboxylic acids is 1. The molecule has 1 aliphatic rings. The molecule has 6 heteroatoms. The Morgan fingerprint density at radius 1 is 1.12 bits per heavy atom. The molecule has 0 saturated heterocycles. The molecule has 1 aliphatic carbocycles. The van der Waals surface area contributed by atoms with E-state index in [0.717, 1.165) is 12.5 Å². The van der Waals surface area contributed by atoms with E-state index in [0.29, 0.717) is 18.4 Å². The molecule has 0 aliphatic heterocycles. The van der Waals surface area contributed by atoms with Crippen molar-refractivity contribution in [1.82, 2.24) is 5.32 Å². The topological polar surface area (TPSA) is 66.4 Å². The summed E-state index contributed by atoms with van der Waals surface area (Å²) in [5.41, 5.74) is -0.137. The maximum absolute atomic E-state index is 14.1. The van der Waals surface area contributed by atoms with Crippen LogP contribution in [0, 0.1) is 11.6 Å². The fourth-order valence-corrected chi connectivity index (χ4v) is 3.24. The van der Waals surface area contributed by atoms with Crippen molar-refractivity contribution in [3.8, 4) is 0 Å². The van der Waals surface area contributed by atoms with Gasteiger partial charge in [0, 0.05) is 11.6 Å². The molecule has 2 N–H and O–H groups in total. The van der Waals surface area contributed by atoms with Gasteiger partial charge in [-0.05, 0) is 37.0 Å². The number of nitrogens with one attached hydrogen (secondary N) is 1. The number of hydrogen-bond donors (Lipinski definition) is 2. The first-order valence-electron chi connectivity index (χ1n) is 7.99. The van der Waals surface area contributed by atoms with E-state index in [-0.39, 0.29) is 17.5 Å². The third-order valence-electron chi connectivity index (χ3n) is 4.63. The number of carboxylic acids is 1. The molecule has 2 aromatic rings. The van der Waals surface area contributed by atoms with Crippen LogP contribution in [0.5, 0.6) is 0 Å². The normalized spacial score (nSPS) is 15.3. The predicted octanol–water partition coefficient (Wildman–Crippen LogP) is 3.40. The van der Waals surface area contributed by atoms with Crippen molar-refractivity contribution in [3.05, 3.63) is 70.8 Å². The Morgan fingerprint density at radius 2 is 1.84 bits per heavy atom. The molecule has 1 fully saturated rings. The van der Waals surface area contributed by atoms with Gasteiger partial charge >= 0.3 is 5.97 Å². The van der Waals surface area contributed by atoms with Crippen LogP contribution in [-0.4, -0.2) is 17.0 Å². The molecule has 1 saturated carbocycles. The van der Waals surface area contributed by atoms with Gasteiger partial charge in [-0.25, -0.2) is 13.6 Å². The van der Waals surface area contributed by atoms with Crippen molar-refractivity contribution in [1.29, 1.82) is 0 Å². The number of amides is 1. The van der Waals surface area contributed by atoms with E-state index < -0.39 is 29.0 Å². The summed E-state index contributed by atoms with van der Waals surface area (Å²) < 4.78 is 27.3. The third kappa shape index (κ3) is 3.38. The van der Waals surface area contributed by atoms with E-state index in [1.54, 1.807) is 18.2 Å². The highest BCUT2D eigenvalue weighted by Crippen LogP contribution is 2.42. The lowest BCUT2D eigenvalue weighted by Crippen LogP contribution is -2.51. The minimum Gasteiger partial charge on any atom is -0.478 e. The van der Waals surface area contributed by atoms with Gasteiger partial charge in [-0.1, -0.05) is 24.3 Å². The van der Waals surface area contributed by atoms with E-state index in [1.165, 1.54) is 18.2 Å². The molecule has 2 aromatic carbocycles. The molecule has 1 amide bonds. The maximum Gasteiger partial charge on any atom is 0.335 e. The average molecular weight is 345 g/mol. The monoisotopic (exact) mass is 345 g/mol. The molecule has 0 heterocycles. The van der Waals surface area contributed by atoms with Crippen molar-refractivity contribution in [2.45, 2.75) is 31.2 Å². The lowest BCUT2D eigenvalue weighted by atomic mass is 9.71. The highest BCUT2D eigenvalue weighted by atomic mass is 19.1. The molecule has 130 valence electrons. The van der Waals surface area contributed by atoms with Gasteiger partial charge in [0.1, 0.15) is 11.6 Å². The SMILES string of the molecule is O=C(Cc1ccccc1C(=O)O)NC1(c2ccc(F)cc2F)CCC1. The number of rotatable bonds is 5. The van der Waals surface area contributed by atoms with Crippen LogP contribution in [-0.2, 0) is 16.8 Å². The van der Waals surface area contributed by atoms with E-state index in [9.17, 15) is 23.5 Å². The summed E-state index contributed by atoms with van der Waals surface area (Å²) in [6.45, 7) is 0. The van der Waals surface area contributed by atoms with Crippen molar-refractivity contribution in [3.63, 3.8) is 0 Å². The van der Waals surface area contributed by atoms with Crippen LogP contribution in [0.15, 0.2) is 42.5 Å². The van der Waals surface area contributed by atoms with Crippen LogP contribution in [0.25, 0.3) is 0 Å². The molecule has 0 spiro atoms. The Hall–Kier alpha value is -2.76. The van der Waals surface area contributed by atoms with Gasteiger partial charge in [0.05, 0.1) is 17.5 Å². The Balaban J connectivity index is 1.81. The molecule has 25 heavy (non-hydrogen) atoms. The maximum atomic E-state index is 14.1. The highest BCUT2D eigenvalue weighted by molar-refractivity contribution is 5.91. The van der Waals surface area contributed by atoms with Crippen molar-refractivity contribution in [2.24, 2.45) is 0 Å². The lowest BCUT2D eigenvalue weighted by Gasteiger charge is -2.43. The largest absolute Gasteiger partial charge is 0.478 e. The van der Waals surface area contributed by atoms with Gasteiger partial charge in [-0.15, -0.1) is 0 Å². The average Bonchev–Trinajstić information content (AvgIpc) is 2.52. The number of carbonyl (C=O) groups is 2. The number of halogens is 2. The molecule has 0 unspecified atom stereocenters. The predicted molar refractivity (Wildman–Crippen MR) is 87.1 cm³/mol. The van der Waals surface area contributed by atoms with Gasteiger partial charge in [-0.2, -0.15) is 0 Å². The fraction of sp³-hybridized carbons (Fsp3) is 0.263. The summed E-state index contributed by atoms with van der Waals surface area (Å²) in [5, 5.41) is 12.0. The summed E-state index contributed by atoms with van der Waals surface area (Å²) >= 11 is 0. The van der Waals surface area contributed by atoms with Crippen LogP contribution < -0.4 is 5.32 Å². The molecular weight excluding hydrogens is 328 g/mol. The molecule has 0 atom stereocenters. The summed E-state index contributed by atoms with van der Waals surface area (Å²) in [6, 6.07) is 9.60. The van der Waals surface area contributed by atoms with E-state index in [4.69, 9.17) is 0 Å². The molecule has 3 rings (SSSR count). The minimum absolute atomic E-state index is 0.0632. The number of benzene rings is 2. The number of carboxylic acid groups (broad SMARTS) is 1. The Kier molecular flexibility index (Phi) is 4.53. The second kappa shape index (κ2) is 6.63. The first-order chi connectivity index (χ1) is 11.9. The Labute approximate surface area is 143 Å². The first-order valence-corrected chi connectivity index (χ1v) is 7.99. The molecule has 4 nitrogen and oxygen atoms in total. The zero-order valence-electron chi connectivity index (χ0n) is 13.4. The molecule has 0 aromatic heterocycles. The van der Waals surface area contributed by atoms with Crippen LogP contribution >= 0.6 is 0 Å². The summed E-state index contributed by atoms with van der Waals surface area (Å²) in [7, 11) is 0. The molecular formula is C19H17F2NO3. The summed E-state index contributed by atoms with van der Waals surface area (Å²) in [4.78, 5) is 23.7. The number of carbonyl (C=O) groups excluding carboxylic acids is 1. The summed E-state index contributed by atoms with van der Waals surface area (Å²) in [6.07, 6.45) is 1.82. The second-order valence-electron chi connectivity index (χ2n) is 6.25. The second-order valence-corrected chi connectivity index (χ2v) is 6.25. The van der Waals surface area contributed by atoms with Gasteiger partial charge in [0.25, 0.3) is 0 Å². The zero-order valence-corrected chi connectivity index (χ0v) is 13.4. The quantitative estimate of drug-likeness (QED) is 0.873. The summed E-state index contributed by atoms with van der Waals surface area (Å²) in [5.74, 6) is -2.85. The van der Waals surface area contributed by atoms with Crippen molar-refractivity contribution in [2.75, 3.05) is 0 Å². The van der Waals surface area contributed by atoms with E-state index >= 15 is 0 Å². The van der Waals surface area contributed by atoms with Crippen LogP contribution in [0.4, 0.5) is 8.78 Å². The van der Waals surface area contributed by atoms with Gasteiger partial charge in [0.15, 0.2) is 0 Å². The van der Waals surface area contributed by atoms with E-state index in [1.807, 2.05) is 0 Å². The van der Waals surface area contributed by atoms with Crippen LogP contribution in [0.2, 0.25) is 0 Å². The smallest absolute Gasteiger partial charge is 0.335 e. The Bertz CT molecular complexity index is 831. The Morgan fingerprint density at radius 3 is 2.44 bits per heavy atom. The first kappa shape index (κ1) is 17.1. The molecule has 0 radical (unpaired) electrons. The van der Waals surface area contributed by atoms with Crippen LogP contribution in [0.1, 0.15) is 40.7 Å². The highest BCUT2D eigenvalue weighted by Gasteiger charge is 2.42.